The van der Waals surface area contributed by atoms with Crippen molar-refractivity contribution in [3.05, 3.63) is 42.6 Å². The Morgan fingerprint density at radius 2 is 1.98 bits per heavy atom. The quantitative estimate of drug-likeness (QED) is 0.429. The van der Waals surface area contributed by atoms with Crippen LogP contribution in [0.4, 0.5) is 0 Å². The number of carbonyl (C=O) groups is 3. The van der Waals surface area contributed by atoms with Gasteiger partial charge in [-0.2, -0.15) is 0 Å². The minimum atomic E-state index is -3.81. The number of rotatable bonds is 7. The van der Waals surface area contributed by atoms with Gasteiger partial charge in [0.25, 0.3) is 5.91 Å². The van der Waals surface area contributed by atoms with Gasteiger partial charge >= 0.3 is 0 Å². The minimum Gasteiger partial charge on any atom is -0.497 e. The van der Waals surface area contributed by atoms with Gasteiger partial charge in [-0.15, -0.1) is 0 Å². The molecule has 46 heavy (non-hydrogen) atoms. The van der Waals surface area contributed by atoms with Crippen LogP contribution in [0.5, 0.6) is 11.6 Å². The van der Waals surface area contributed by atoms with Crippen molar-refractivity contribution in [2.75, 3.05) is 13.7 Å². The van der Waals surface area contributed by atoms with E-state index in [-0.39, 0.29) is 30.7 Å². The Morgan fingerprint density at radius 1 is 1.17 bits per heavy atom. The third kappa shape index (κ3) is 6.72. The van der Waals surface area contributed by atoms with Crippen LogP contribution in [-0.4, -0.2) is 72.6 Å². The van der Waals surface area contributed by atoms with Gasteiger partial charge in [0, 0.05) is 30.3 Å². The van der Waals surface area contributed by atoms with E-state index in [0.29, 0.717) is 43.2 Å². The Kier molecular flexibility index (Phi) is 9.02. The molecule has 2 aliphatic carbocycles. The van der Waals surface area contributed by atoms with Gasteiger partial charge in [-0.1, -0.05) is 32.4 Å². The van der Waals surface area contributed by atoms with E-state index in [2.05, 4.69) is 28.9 Å². The van der Waals surface area contributed by atoms with E-state index in [0.717, 1.165) is 36.5 Å². The fourth-order valence-corrected chi connectivity index (χ4v) is 8.33. The molecule has 2 N–H and O–H groups in total. The summed E-state index contributed by atoms with van der Waals surface area (Å²) in [6.45, 7) is 4.47. The summed E-state index contributed by atoms with van der Waals surface area (Å²) in [7, 11) is -2.21. The largest absolute Gasteiger partial charge is 0.497 e. The second-order valence-electron chi connectivity index (χ2n) is 13.5. The van der Waals surface area contributed by atoms with Crippen LogP contribution in [0.1, 0.15) is 71.6 Å². The molecule has 1 aromatic heterocycles. The van der Waals surface area contributed by atoms with Crippen LogP contribution >= 0.6 is 0 Å². The maximum absolute atomic E-state index is 14.1. The number of carbonyl (C=O) groups excluding carboxylic acids is 3. The summed E-state index contributed by atoms with van der Waals surface area (Å²) in [5.74, 6) is -0.00585. The number of nitrogens with one attached hydrogen (secondary N) is 2. The number of sulfonamides is 1. The molecule has 2 aromatic rings. The monoisotopic (exact) mass is 652 g/mol. The fourth-order valence-electron chi connectivity index (χ4n) is 6.97. The van der Waals surface area contributed by atoms with Gasteiger partial charge < -0.3 is 19.7 Å². The van der Waals surface area contributed by atoms with E-state index in [1.807, 2.05) is 36.4 Å². The lowest BCUT2D eigenvalue weighted by atomic mass is 9.88. The van der Waals surface area contributed by atoms with Crippen LogP contribution in [0.25, 0.3) is 10.8 Å². The predicted molar refractivity (Wildman–Crippen MR) is 172 cm³/mol. The number of benzene rings is 1. The first kappa shape index (κ1) is 32.3. The molecule has 0 unspecified atom stereocenters. The maximum Gasteiger partial charge on any atom is 0.259 e. The molecule has 6 atom stereocenters. The van der Waals surface area contributed by atoms with Crippen molar-refractivity contribution in [1.82, 2.24) is 19.9 Å². The zero-order valence-corrected chi connectivity index (χ0v) is 27.6. The molecule has 0 radical (unpaired) electrons. The van der Waals surface area contributed by atoms with Gasteiger partial charge in [0.15, 0.2) is 0 Å². The highest BCUT2D eigenvalue weighted by molar-refractivity contribution is 7.91. The summed E-state index contributed by atoms with van der Waals surface area (Å²) in [6, 6.07) is 6.56. The number of aromatic nitrogens is 1. The van der Waals surface area contributed by atoms with Gasteiger partial charge in [0.2, 0.25) is 27.7 Å². The first-order valence-corrected chi connectivity index (χ1v) is 18.0. The molecule has 1 aromatic carbocycles. The summed E-state index contributed by atoms with van der Waals surface area (Å²) in [6.07, 6.45) is 10.4. The summed E-state index contributed by atoms with van der Waals surface area (Å²) in [4.78, 5) is 47.6. The number of methoxy groups -OCH3 is 1. The SMILES string of the molecule is CC[C@H]1CC(=O)N2C[C@H](Oc3nccc4cc(OC)ccc34)C[C@H]2C(=O)N[C@]2(C(=O)NS(=O)(=O)C3CC3)C[C@H]2/C=C\CC[C@@H](C)C1. The highest BCUT2D eigenvalue weighted by Gasteiger charge is 2.62. The number of nitrogens with zero attached hydrogens (tertiary/aromatic N) is 2. The first-order chi connectivity index (χ1) is 22.0. The van der Waals surface area contributed by atoms with Crippen molar-refractivity contribution >= 4 is 38.5 Å². The third-order valence-electron chi connectivity index (χ3n) is 10.0. The Labute approximate surface area is 270 Å². The molecule has 0 spiro atoms. The van der Waals surface area contributed by atoms with E-state index in [1.165, 1.54) is 0 Å². The van der Waals surface area contributed by atoms with E-state index < -0.39 is 44.8 Å². The van der Waals surface area contributed by atoms with Crippen LogP contribution in [0.2, 0.25) is 0 Å². The average Bonchev–Trinajstić information content (AvgIpc) is 3.95. The standard InChI is InChI=1S/C34H44N4O7S/c1-4-22-15-21(2)7-5-6-8-24-19-34(24,33(41)37-46(42,43)27-10-11-27)36-31(40)29-18-26(20-38(29)30(39)16-22)45-32-28-12-9-25(44-3)17-23(28)13-14-35-32/h6,8-9,12-14,17,21-22,24,26-27,29H,4-5,7,10-11,15-16,18-20H2,1-3H3,(H,36,40)(H,37,41)/b8-6-/t21-,22-,24-,26-,29+,34-/m1/s1. The second-order valence-corrected chi connectivity index (χ2v) is 15.5. The van der Waals surface area contributed by atoms with Crippen molar-refractivity contribution in [2.45, 2.75) is 94.6 Å². The number of hydrogen-bond acceptors (Lipinski definition) is 8. The van der Waals surface area contributed by atoms with E-state index >= 15 is 0 Å². The lowest BCUT2D eigenvalue weighted by Gasteiger charge is -2.28. The molecule has 2 aliphatic heterocycles. The maximum atomic E-state index is 14.1. The smallest absolute Gasteiger partial charge is 0.259 e. The molecule has 3 amide bonds. The van der Waals surface area contributed by atoms with Crippen LogP contribution < -0.4 is 19.5 Å². The lowest BCUT2D eigenvalue weighted by Crippen LogP contribution is -2.56. The van der Waals surface area contributed by atoms with Crippen LogP contribution in [-0.2, 0) is 24.4 Å². The van der Waals surface area contributed by atoms with E-state index in [1.54, 1.807) is 18.2 Å². The minimum absolute atomic E-state index is 0.129. The molecule has 6 rings (SSSR count). The van der Waals surface area contributed by atoms with E-state index in [4.69, 9.17) is 9.47 Å². The fraction of sp³-hybridized carbons (Fsp3) is 0.588. The van der Waals surface area contributed by atoms with Gasteiger partial charge in [0.05, 0.1) is 18.9 Å². The summed E-state index contributed by atoms with van der Waals surface area (Å²) < 4.78 is 39.4. The molecular weight excluding hydrogens is 608 g/mol. The molecule has 4 aliphatic rings. The highest BCUT2D eigenvalue weighted by atomic mass is 32.2. The van der Waals surface area contributed by atoms with Crippen LogP contribution in [0, 0.1) is 17.8 Å². The Bertz CT molecular complexity index is 1640. The number of fused-ring (bicyclic) bond motifs is 3. The number of amides is 3. The van der Waals surface area contributed by atoms with Crippen molar-refractivity contribution in [3.63, 3.8) is 0 Å². The van der Waals surface area contributed by atoms with E-state index in [9.17, 15) is 22.8 Å². The van der Waals surface area contributed by atoms with Crippen molar-refractivity contribution in [2.24, 2.45) is 17.8 Å². The Morgan fingerprint density at radius 3 is 2.72 bits per heavy atom. The van der Waals surface area contributed by atoms with Gasteiger partial charge in [0.1, 0.15) is 23.4 Å². The normalized spacial score (nSPS) is 31.1. The van der Waals surface area contributed by atoms with Crippen molar-refractivity contribution < 1.29 is 32.3 Å². The first-order valence-electron chi connectivity index (χ1n) is 16.5. The Balaban J connectivity index is 1.28. The summed E-state index contributed by atoms with van der Waals surface area (Å²) >= 11 is 0. The predicted octanol–water partition coefficient (Wildman–Crippen LogP) is 3.87. The second kappa shape index (κ2) is 12.8. The summed E-state index contributed by atoms with van der Waals surface area (Å²) in [5, 5.41) is 4.02. The average molecular weight is 653 g/mol. The number of hydrogen-bond donors (Lipinski definition) is 2. The molecule has 1 saturated heterocycles. The molecule has 11 nitrogen and oxygen atoms in total. The molecule has 2 saturated carbocycles. The zero-order valence-electron chi connectivity index (χ0n) is 26.7. The third-order valence-corrected chi connectivity index (χ3v) is 11.9. The highest BCUT2D eigenvalue weighted by Crippen LogP contribution is 2.46. The summed E-state index contributed by atoms with van der Waals surface area (Å²) in [5.41, 5.74) is -1.39. The molecule has 3 heterocycles. The number of allylic oxidation sites excluding steroid dienone is 1. The van der Waals surface area contributed by atoms with Crippen molar-refractivity contribution in [3.8, 4) is 11.6 Å². The Hall–Kier alpha value is -3.67. The molecule has 3 fully saturated rings. The van der Waals surface area contributed by atoms with Gasteiger partial charge in [-0.05, 0) is 80.0 Å². The number of ether oxygens (including phenoxy) is 2. The van der Waals surface area contributed by atoms with Crippen LogP contribution in [0.15, 0.2) is 42.6 Å². The van der Waals surface area contributed by atoms with Gasteiger partial charge in [-0.3, -0.25) is 19.1 Å². The number of pyridine rings is 1. The molecular formula is C34H44N4O7S. The molecule has 248 valence electrons. The zero-order chi connectivity index (χ0) is 32.6. The lowest BCUT2D eigenvalue weighted by molar-refractivity contribution is -0.140. The van der Waals surface area contributed by atoms with Gasteiger partial charge in [-0.25, -0.2) is 13.4 Å². The topological polar surface area (TPSA) is 144 Å². The molecule has 0 bridgehead atoms. The van der Waals surface area contributed by atoms with Crippen molar-refractivity contribution in [1.29, 1.82) is 0 Å². The molecule has 12 heteroatoms. The van der Waals surface area contributed by atoms with Crippen LogP contribution in [0.3, 0.4) is 0 Å².